The molecule has 0 amide bonds. The van der Waals surface area contributed by atoms with Crippen molar-refractivity contribution in [1.82, 2.24) is 5.32 Å². The van der Waals surface area contributed by atoms with Crippen molar-refractivity contribution in [2.75, 3.05) is 0 Å². The Hall–Kier alpha value is -1.26. The van der Waals surface area contributed by atoms with Gasteiger partial charge in [-0.15, -0.1) is 0 Å². The molecule has 0 radical (unpaired) electrons. The Labute approximate surface area is 113 Å². The molecule has 0 bridgehead atoms. The molecule has 0 atom stereocenters. The molecule has 1 nitrogen and oxygen atoms in total. The maximum atomic E-state index is 13.3. The van der Waals surface area contributed by atoms with Gasteiger partial charge in [0.1, 0.15) is 11.6 Å². The number of nitrogens with one attached hydrogen (secondary N) is 1. The van der Waals surface area contributed by atoms with E-state index in [0.29, 0.717) is 23.1 Å². The zero-order valence-electron chi connectivity index (χ0n) is 9.59. The summed E-state index contributed by atoms with van der Waals surface area (Å²) in [5.41, 5.74) is 1.56. The third-order valence-electron chi connectivity index (χ3n) is 2.60. The molecule has 2 aromatic carbocycles. The van der Waals surface area contributed by atoms with E-state index in [9.17, 15) is 8.78 Å². The summed E-state index contributed by atoms with van der Waals surface area (Å²) in [6.07, 6.45) is 0. The summed E-state index contributed by atoms with van der Waals surface area (Å²) in [7, 11) is 0. The van der Waals surface area contributed by atoms with Crippen LogP contribution in [0.3, 0.4) is 0 Å². The fourth-order valence-electron chi connectivity index (χ4n) is 1.64. The molecule has 2 aromatic rings. The maximum absolute atomic E-state index is 13.3. The smallest absolute Gasteiger partial charge is 0.127 e. The Bertz CT molecular complexity index is 543. The Kier molecular flexibility index (Phi) is 4.44. The van der Waals surface area contributed by atoms with Crippen LogP contribution in [0.1, 0.15) is 11.1 Å². The van der Waals surface area contributed by atoms with Crippen LogP contribution >= 0.6 is 15.9 Å². The second-order valence-corrected chi connectivity index (χ2v) is 4.79. The number of benzene rings is 2. The normalized spacial score (nSPS) is 10.6. The number of halogens is 3. The van der Waals surface area contributed by atoms with Gasteiger partial charge in [0.15, 0.2) is 0 Å². The predicted molar refractivity (Wildman–Crippen MR) is 71.0 cm³/mol. The maximum Gasteiger partial charge on any atom is 0.127 e. The minimum absolute atomic E-state index is 0.219. The SMILES string of the molecule is Fc1ccc(CNCc2ccccc2F)c(Br)c1. The van der Waals surface area contributed by atoms with Crippen LogP contribution < -0.4 is 5.32 Å². The van der Waals surface area contributed by atoms with E-state index in [1.54, 1.807) is 24.3 Å². The van der Waals surface area contributed by atoms with Gasteiger partial charge < -0.3 is 5.32 Å². The molecule has 1 N–H and O–H groups in total. The third-order valence-corrected chi connectivity index (χ3v) is 3.34. The molecule has 2 rings (SSSR count). The highest BCUT2D eigenvalue weighted by molar-refractivity contribution is 9.10. The second kappa shape index (κ2) is 6.07. The number of hydrogen-bond donors (Lipinski definition) is 1. The van der Waals surface area contributed by atoms with Crippen molar-refractivity contribution < 1.29 is 8.78 Å². The van der Waals surface area contributed by atoms with E-state index in [1.165, 1.54) is 18.2 Å². The fourth-order valence-corrected chi connectivity index (χ4v) is 2.13. The molecule has 0 saturated carbocycles. The monoisotopic (exact) mass is 311 g/mol. The minimum atomic E-state index is -0.278. The molecule has 0 spiro atoms. The topological polar surface area (TPSA) is 12.0 Å². The summed E-state index contributed by atoms with van der Waals surface area (Å²) >= 11 is 3.29. The van der Waals surface area contributed by atoms with Gasteiger partial charge in [0.05, 0.1) is 0 Å². The van der Waals surface area contributed by atoms with E-state index in [1.807, 2.05) is 0 Å². The lowest BCUT2D eigenvalue weighted by Crippen LogP contribution is -2.14. The van der Waals surface area contributed by atoms with E-state index < -0.39 is 0 Å². The average Bonchev–Trinajstić information content (AvgIpc) is 2.34. The van der Waals surface area contributed by atoms with E-state index in [-0.39, 0.29) is 11.6 Å². The Balaban J connectivity index is 1.95. The van der Waals surface area contributed by atoms with Crippen molar-refractivity contribution in [3.8, 4) is 0 Å². The van der Waals surface area contributed by atoms with Gasteiger partial charge in [0.2, 0.25) is 0 Å². The lowest BCUT2D eigenvalue weighted by Gasteiger charge is -2.07. The molecular weight excluding hydrogens is 300 g/mol. The van der Waals surface area contributed by atoms with Crippen molar-refractivity contribution in [2.24, 2.45) is 0 Å². The minimum Gasteiger partial charge on any atom is -0.308 e. The molecule has 18 heavy (non-hydrogen) atoms. The molecule has 0 aliphatic rings. The summed E-state index contributed by atoms with van der Waals surface area (Å²) in [4.78, 5) is 0. The molecule has 0 unspecified atom stereocenters. The second-order valence-electron chi connectivity index (χ2n) is 3.93. The van der Waals surface area contributed by atoms with Gasteiger partial charge in [-0.2, -0.15) is 0 Å². The Morgan fingerprint density at radius 2 is 1.67 bits per heavy atom. The lowest BCUT2D eigenvalue weighted by atomic mass is 10.2. The van der Waals surface area contributed by atoms with Crippen LogP contribution in [0.5, 0.6) is 0 Å². The largest absolute Gasteiger partial charge is 0.308 e. The zero-order chi connectivity index (χ0) is 13.0. The van der Waals surface area contributed by atoms with Crippen LogP contribution in [-0.2, 0) is 13.1 Å². The quantitative estimate of drug-likeness (QED) is 0.899. The number of hydrogen-bond acceptors (Lipinski definition) is 1. The van der Waals surface area contributed by atoms with Gasteiger partial charge in [-0.3, -0.25) is 0 Å². The predicted octanol–water partition coefficient (Wildman–Crippen LogP) is 4.02. The van der Waals surface area contributed by atoms with Crippen LogP contribution in [0.4, 0.5) is 8.78 Å². The summed E-state index contributed by atoms with van der Waals surface area (Å²) in [5.74, 6) is -0.497. The molecule has 4 heteroatoms. The highest BCUT2D eigenvalue weighted by atomic mass is 79.9. The first-order valence-electron chi connectivity index (χ1n) is 5.55. The Morgan fingerprint density at radius 1 is 0.944 bits per heavy atom. The average molecular weight is 312 g/mol. The van der Waals surface area contributed by atoms with Crippen molar-refractivity contribution in [1.29, 1.82) is 0 Å². The summed E-state index contributed by atoms with van der Waals surface area (Å²) in [5, 5.41) is 3.13. The Morgan fingerprint density at radius 3 is 2.39 bits per heavy atom. The molecule has 94 valence electrons. The van der Waals surface area contributed by atoms with Crippen molar-refractivity contribution in [3.63, 3.8) is 0 Å². The van der Waals surface area contributed by atoms with Crippen LogP contribution in [0.25, 0.3) is 0 Å². The van der Waals surface area contributed by atoms with E-state index in [0.717, 1.165) is 5.56 Å². The van der Waals surface area contributed by atoms with Gasteiger partial charge in [0, 0.05) is 23.1 Å². The van der Waals surface area contributed by atoms with Crippen LogP contribution in [-0.4, -0.2) is 0 Å². The summed E-state index contributed by atoms with van der Waals surface area (Å²) in [6, 6.07) is 11.2. The van der Waals surface area contributed by atoms with Crippen molar-refractivity contribution in [3.05, 3.63) is 69.7 Å². The van der Waals surface area contributed by atoms with Crippen LogP contribution in [0.2, 0.25) is 0 Å². The van der Waals surface area contributed by atoms with Gasteiger partial charge in [0.25, 0.3) is 0 Å². The molecule has 0 heterocycles. The molecule has 0 fully saturated rings. The van der Waals surface area contributed by atoms with E-state index in [2.05, 4.69) is 21.2 Å². The highest BCUT2D eigenvalue weighted by Gasteiger charge is 2.03. The lowest BCUT2D eigenvalue weighted by molar-refractivity contribution is 0.587. The number of rotatable bonds is 4. The molecule has 0 saturated heterocycles. The standard InChI is InChI=1S/C14H12BrF2N/c15-13-7-12(16)6-5-10(13)8-18-9-11-3-1-2-4-14(11)17/h1-7,18H,8-9H2. The molecule has 0 aliphatic carbocycles. The first-order valence-corrected chi connectivity index (χ1v) is 6.34. The molecule has 0 aliphatic heterocycles. The van der Waals surface area contributed by atoms with E-state index in [4.69, 9.17) is 0 Å². The highest BCUT2D eigenvalue weighted by Crippen LogP contribution is 2.18. The third kappa shape index (κ3) is 3.37. The van der Waals surface area contributed by atoms with Gasteiger partial charge in [-0.05, 0) is 23.8 Å². The zero-order valence-corrected chi connectivity index (χ0v) is 11.2. The first-order chi connectivity index (χ1) is 8.66. The molecule has 0 aromatic heterocycles. The van der Waals surface area contributed by atoms with Crippen LogP contribution in [0.15, 0.2) is 46.9 Å². The van der Waals surface area contributed by atoms with E-state index >= 15 is 0 Å². The summed E-state index contributed by atoms with van der Waals surface area (Å²) < 4.78 is 26.9. The van der Waals surface area contributed by atoms with Crippen molar-refractivity contribution >= 4 is 15.9 Å². The van der Waals surface area contributed by atoms with Crippen molar-refractivity contribution in [2.45, 2.75) is 13.1 Å². The van der Waals surface area contributed by atoms with Gasteiger partial charge >= 0.3 is 0 Å². The van der Waals surface area contributed by atoms with Gasteiger partial charge in [-0.1, -0.05) is 40.2 Å². The van der Waals surface area contributed by atoms with Gasteiger partial charge in [-0.25, -0.2) is 8.78 Å². The molecular formula is C14H12BrF2N. The summed E-state index contributed by atoms with van der Waals surface area (Å²) in [6.45, 7) is 0.992. The fraction of sp³-hybridized carbons (Fsp3) is 0.143. The van der Waals surface area contributed by atoms with Crippen LogP contribution in [0, 0.1) is 11.6 Å². The first kappa shape index (κ1) is 13.2.